The Balaban J connectivity index is 1.52. The molecule has 2 aliphatic heterocycles. The maximum Gasteiger partial charge on any atom is 0.416 e. The number of hydrogen-bond donors (Lipinski definition) is 1. The molecule has 0 spiro atoms. The second-order valence-electron chi connectivity index (χ2n) is 10.3. The zero-order valence-corrected chi connectivity index (χ0v) is 22.9. The van der Waals surface area contributed by atoms with Crippen molar-refractivity contribution in [2.75, 3.05) is 58.2 Å². The summed E-state index contributed by atoms with van der Waals surface area (Å²) < 4.78 is 46.5. The lowest BCUT2D eigenvalue weighted by Gasteiger charge is -2.43. The van der Waals surface area contributed by atoms with Gasteiger partial charge in [-0.2, -0.15) is 13.2 Å². The summed E-state index contributed by atoms with van der Waals surface area (Å²) in [5.74, 6) is -0.387. The van der Waals surface area contributed by atoms with Gasteiger partial charge in [0.2, 0.25) is 0 Å². The molecule has 2 aromatic rings. The summed E-state index contributed by atoms with van der Waals surface area (Å²) in [6.45, 7) is 9.45. The van der Waals surface area contributed by atoms with Crippen molar-refractivity contribution in [1.29, 1.82) is 0 Å². The number of benzene rings is 2. The van der Waals surface area contributed by atoms with Gasteiger partial charge < -0.3 is 15.0 Å². The molecule has 0 aromatic heterocycles. The number of carbonyl (C=O) groups is 1. The van der Waals surface area contributed by atoms with Crippen LogP contribution in [0.1, 0.15) is 35.3 Å². The molecule has 1 N–H and O–H groups in total. The van der Waals surface area contributed by atoms with Crippen LogP contribution in [0, 0.1) is 0 Å². The molecule has 0 radical (unpaired) electrons. The summed E-state index contributed by atoms with van der Waals surface area (Å²) in [5, 5.41) is 3.38. The number of amides is 1. The number of anilines is 1. The smallest absolute Gasteiger partial charge is 0.388 e. The molecule has 2 fully saturated rings. The third kappa shape index (κ3) is 7.40. The van der Waals surface area contributed by atoms with Gasteiger partial charge in [0.1, 0.15) is 0 Å². The fourth-order valence-electron chi connectivity index (χ4n) is 5.43. The lowest BCUT2D eigenvalue weighted by atomic mass is 10.00. The molecule has 38 heavy (non-hydrogen) atoms. The average Bonchev–Trinajstić information content (AvgIpc) is 2.87. The number of ether oxygens (including phenoxy) is 1. The van der Waals surface area contributed by atoms with E-state index in [1.807, 2.05) is 24.3 Å². The summed E-state index contributed by atoms with van der Waals surface area (Å²) in [4.78, 5) is 20.1. The molecule has 2 unspecified atom stereocenters. The third-order valence-corrected chi connectivity index (χ3v) is 7.49. The monoisotopic (exact) mass is 552 g/mol. The van der Waals surface area contributed by atoms with Crippen molar-refractivity contribution in [3.05, 3.63) is 64.2 Å². The Morgan fingerprint density at radius 2 is 1.66 bits per heavy atom. The van der Waals surface area contributed by atoms with E-state index in [4.69, 9.17) is 16.3 Å². The summed E-state index contributed by atoms with van der Waals surface area (Å²) in [7, 11) is 1.54. The van der Waals surface area contributed by atoms with Crippen molar-refractivity contribution in [3.8, 4) is 0 Å². The SMILES string of the molecule is CNc1cc(C(=O)N2CCN(CCN3CC(C)OC(C)C3)C[C@H]2Cc2ccc(Cl)cc2)cc(C(F)(F)F)c1. The molecule has 4 rings (SSSR count). The Kier molecular flexibility index (Phi) is 9.23. The molecule has 10 heteroatoms. The minimum Gasteiger partial charge on any atom is -0.388 e. The molecule has 2 aromatic carbocycles. The van der Waals surface area contributed by atoms with Crippen LogP contribution in [-0.4, -0.2) is 91.7 Å². The molecule has 6 nitrogen and oxygen atoms in total. The number of piperazine rings is 1. The Morgan fingerprint density at radius 1 is 1.00 bits per heavy atom. The predicted octanol–water partition coefficient (Wildman–Crippen LogP) is 4.88. The van der Waals surface area contributed by atoms with Crippen molar-refractivity contribution in [2.45, 2.75) is 44.7 Å². The Morgan fingerprint density at radius 3 is 2.29 bits per heavy atom. The Bertz CT molecular complexity index is 1090. The minimum absolute atomic E-state index is 0.0371. The van der Waals surface area contributed by atoms with E-state index in [1.165, 1.54) is 6.07 Å². The van der Waals surface area contributed by atoms with Crippen LogP contribution < -0.4 is 5.32 Å². The van der Waals surface area contributed by atoms with Crippen LogP contribution in [0.15, 0.2) is 42.5 Å². The van der Waals surface area contributed by atoms with Crippen LogP contribution in [0.2, 0.25) is 5.02 Å². The maximum atomic E-state index is 13.7. The number of hydrogen-bond acceptors (Lipinski definition) is 5. The molecular formula is C28H36ClF3N4O2. The quantitative estimate of drug-likeness (QED) is 0.531. The van der Waals surface area contributed by atoms with Gasteiger partial charge in [0.15, 0.2) is 0 Å². The highest BCUT2D eigenvalue weighted by molar-refractivity contribution is 6.30. The van der Waals surface area contributed by atoms with Crippen LogP contribution in [0.25, 0.3) is 0 Å². The first kappa shape index (κ1) is 28.7. The largest absolute Gasteiger partial charge is 0.416 e. The van der Waals surface area contributed by atoms with E-state index >= 15 is 0 Å². The van der Waals surface area contributed by atoms with Crippen LogP contribution in [0.3, 0.4) is 0 Å². The molecule has 2 heterocycles. The molecule has 2 aliphatic rings. The van der Waals surface area contributed by atoms with Crippen LogP contribution >= 0.6 is 11.6 Å². The number of nitrogens with zero attached hydrogens (tertiary/aromatic N) is 3. The molecule has 0 saturated carbocycles. The van der Waals surface area contributed by atoms with Crippen molar-refractivity contribution < 1.29 is 22.7 Å². The standard InChI is InChI=1S/C28H36ClF3N4O2/c1-19-16-35(17-20(2)38-19)9-8-34-10-11-36(26(18-34)12-21-4-6-24(29)7-5-21)27(37)22-13-23(28(30,31)32)15-25(14-22)33-3/h4-7,13-15,19-20,26,33H,8-12,16-18H2,1-3H3/t19?,20?,26-/m1/s1. The zero-order valence-electron chi connectivity index (χ0n) is 22.1. The van der Waals surface area contributed by atoms with Crippen LogP contribution in [0.5, 0.6) is 0 Å². The van der Waals surface area contributed by atoms with E-state index in [0.29, 0.717) is 31.1 Å². The Labute approximate surface area is 227 Å². The minimum atomic E-state index is -4.54. The van der Waals surface area contributed by atoms with Gasteiger partial charge in [-0.25, -0.2) is 0 Å². The lowest BCUT2D eigenvalue weighted by molar-refractivity contribution is -0.137. The van der Waals surface area contributed by atoms with Crippen LogP contribution in [-0.2, 0) is 17.3 Å². The molecular weight excluding hydrogens is 517 g/mol. The number of rotatable bonds is 7. The van der Waals surface area contributed by atoms with Gasteiger partial charge in [-0.1, -0.05) is 23.7 Å². The van der Waals surface area contributed by atoms with Crippen molar-refractivity contribution in [2.24, 2.45) is 0 Å². The topological polar surface area (TPSA) is 48.1 Å². The molecule has 208 valence electrons. The Hall–Kier alpha value is -2.33. The van der Waals surface area contributed by atoms with Gasteiger partial charge in [-0.3, -0.25) is 14.6 Å². The first-order chi connectivity index (χ1) is 18.0. The van der Waals surface area contributed by atoms with Crippen molar-refractivity contribution in [1.82, 2.24) is 14.7 Å². The highest BCUT2D eigenvalue weighted by Crippen LogP contribution is 2.32. The number of alkyl halides is 3. The van der Waals surface area contributed by atoms with Gasteiger partial charge >= 0.3 is 6.18 Å². The third-order valence-electron chi connectivity index (χ3n) is 7.24. The van der Waals surface area contributed by atoms with E-state index in [-0.39, 0.29) is 35.4 Å². The van der Waals surface area contributed by atoms with E-state index in [0.717, 1.165) is 43.9 Å². The maximum absolute atomic E-state index is 13.7. The fourth-order valence-corrected chi connectivity index (χ4v) is 5.56. The number of halogens is 4. The van der Waals surface area contributed by atoms with E-state index in [1.54, 1.807) is 11.9 Å². The van der Waals surface area contributed by atoms with Crippen molar-refractivity contribution >= 4 is 23.2 Å². The van der Waals surface area contributed by atoms with E-state index in [9.17, 15) is 18.0 Å². The average molecular weight is 553 g/mol. The molecule has 3 atom stereocenters. The summed E-state index contributed by atoms with van der Waals surface area (Å²) in [6.07, 6.45) is -3.57. The van der Waals surface area contributed by atoms with Gasteiger partial charge in [-0.05, 0) is 56.2 Å². The van der Waals surface area contributed by atoms with E-state index < -0.39 is 11.7 Å². The number of nitrogens with one attached hydrogen (secondary N) is 1. The normalized spacial score (nSPS) is 23.4. The van der Waals surface area contributed by atoms with Gasteiger partial charge in [0.25, 0.3) is 5.91 Å². The first-order valence-corrected chi connectivity index (χ1v) is 13.4. The first-order valence-electron chi connectivity index (χ1n) is 13.1. The number of carbonyl (C=O) groups excluding carboxylic acids is 1. The van der Waals surface area contributed by atoms with Gasteiger partial charge in [-0.15, -0.1) is 0 Å². The molecule has 1 amide bonds. The second kappa shape index (κ2) is 12.2. The van der Waals surface area contributed by atoms with Crippen LogP contribution in [0.4, 0.5) is 18.9 Å². The molecule has 2 saturated heterocycles. The zero-order chi connectivity index (χ0) is 27.4. The summed E-state index contributed by atoms with van der Waals surface area (Å²) in [5.41, 5.74) is 0.476. The summed E-state index contributed by atoms with van der Waals surface area (Å²) >= 11 is 6.07. The molecule has 0 aliphatic carbocycles. The number of morpholine rings is 1. The predicted molar refractivity (Wildman–Crippen MR) is 144 cm³/mol. The lowest BCUT2D eigenvalue weighted by Crippen LogP contribution is -2.57. The van der Waals surface area contributed by atoms with Gasteiger partial charge in [0.05, 0.1) is 17.8 Å². The van der Waals surface area contributed by atoms with Crippen molar-refractivity contribution in [3.63, 3.8) is 0 Å². The highest BCUT2D eigenvalue weighted by atomic mass is 35.5. The second-order valence-corrected chi connectivity index (χ2v) is 10.8. The fraction of sp³-hybridized carbons (Fsp3) is 0.536. The van der Waals surface area contributed by atoms with E-state index in [2.05, 4.69) is 29.0 Å². The molecule has 0 bridgehead atoms. The highest BCUT2D eigenvalue weighted by Gasteiger charge is 2.35. The summed E-state index contributed by atoms with van der Waals surface area (Å²) in [6, 6.07) is 10.8. The van der Waals surface area contributed by atoms with Gasteiger partial charge in [0, 0.05) is 75.2 Å².